The third-order valence-corrected chi connectivity index (χ3v) is 5.98. The van der Waals surface area contributed by atoms with Gasteiger partial charge >= 0.3 is 5.97 Å². The molecule has 2 saturated heterocycles. The number of rotatable bonds is 5. The van der Waals surface area contributed by atoms with Crippen LogP contribution < -0.4 is 5.32 Å². The Morgan fingerprint density at radius 3 is 2.62 bits per heavy atom. The summed E-state index contributed by atoms with van der Waals surface area (Å²) in [6.07, 6.45) is 0.307. The number of carboxylic acid groups (broad SMARTS) is 1. The van der Waals surface area contributed by atoms with Crippen molar-refractivity contribution in [2.45, 2.75) is 38.8 Å². The van der Waals surface area contributed by atoms with Crippen molar-refractivity contribution in [3.63, 3.8) is 0 Å². The van der Waals surface area contributed by atoms with Gasteiger partial charge in [0, 0.05) is 11.4 Å². The number of nitrogens with zero attached hydrogens (tertiary/aromatic N) is 1. The van der Waals surface area contributed by atoms with Crippen LogP contribution in [0.3, 0.4) is 0 Å². The van der Waals surface area contributed by atoms with Gasteiger partial charge in [0.15, 0.2) is 0 Å². The highest BCUT2D eigenvalue weighted by Gasteiger charge is 2.68. The second-order valence-corrected chi connectivity index (χ2v) is 7.92. The van der Waals surface area contributed by atoms with Crippen molar-refractivity contribution in [1.82, 2.24) is 10.2 Å². The SMILES string of the molecule is CCN1C(=O)C2C(c3cccs3)NC(CC(C)C)(C(=O)O)C2C1=O. The molecule has 4 unspecified atom stereocenters. The van der Waals surface area contributed by atoms with Crippen LogP contribution in [0.1, 0.15) is 38.1 Å². The standard InChI is InChI=1S/C17H22N2O4S/c1-4-19-14(20)11-12(15(19)21)17(16(22)23,8-9(2)3)18-13(11)10-6-5-7-24-10/h5-7,9,11-13,18H,4,8H2,1-3H3,(H,22,23). The molecular weight excluding hydrogens is 328 g/mol. The molecule has 6 nitrogen and oxygen atoms in total. The Labute approximate surface area is 144 Å². The Morgan fingerprint density at radius 1 is 1.42 bits per heavy atom. The molecule has 2 aliphatic heterocycles. The monoisotopic (exact) mass is 350 g/mol. The first-order valence-corrected chi connectivity index (χ1v) is 9.11. The molecule has 0 aromatic carbocycles. The number of carbonyl (C=O) groups is 3. The van der Waals surface area contributed by atoms with Gasteiger partial charge in [-0.15, -0.1) is 11.3 Å². The van der Waals surface area contributed by atoms with E-state index in [1.165, 1.54) is 16.2 Å². The third-order valence-electron chi connectivity index (χ3n) is 5.02. The van der Waals surface area contributed by atoms with E-state index in [4.69, 9.17) is 0 Å². The average molecular weight is 350 g/mol. The van der Waals surface area contributed by atoms with Crippen LogP contribution in [0.2, 0.25) is 0 Å². The van der Waals surface area contributed by atoms with Gasteiger partial charge in [0.2, 0.25) is 11.8 Å². The van der Waals surface area contributed by atoms with E-state index in [0.717, 1.165) is 4.88 Å². The molecule has 1 aromatic heterocycles. The van der Waals surface area contributed by atoms with Crippen LogP contribution in [0.5, 0.6) is 0 Å². The molecule has 130 valence electrons. The van der Waals surface area contributed by atoms with Gasteiger partial charge in [0.05, 0.1) is 17.9 Å². The Bertz CT molecular complexity index is 672. The number of likely N-dealkylation sites (tertiary alicyclic amines) is 1. The minimum atomic E-state index is -1.40. The topological polar surface area (TPSA) is 86.7 Å². The fraction of sp³-hybridized carbons (Fsp3) is 0.588. The van der Waals surface area contributed by atoms with Crippen molar-refractivity contribution in [3.8, 4) is 0 Å². The number of nitrogens with one attached hydrogen (secondary N) is 1. The number of fused-ring (bicyclic) bond motifs is 1. The predicted octanol–water partition coefficient (Wildman–Crippen LogP) is 1.88. The van der Waals surface area contributed by atoms with Gasteiger partial charge in [-0.25, -0.2) is 0 Å². The molecule has 0 aliphatic carbocycles. The maximum absolute atomic E-state index is 12.9. The minimum absolute atomic E-state index is 0.0786. The first kappa shape index (κ1) is 17.1. The summed E-state index contributed by atoms with van der Waals surface area (Å²) in [6.45, 7) is 5.88. The molecule has 2 fully saturated rings. The predicted molar refractivity (Wildman–Crippen MR) is 89.4 cm³/mol. The minimum Gasteiger partial charge on any atom is -0.480 e. The third kappa shape index (κ3) is 2.29. The molecular formula is C17H22N2O4S. The number of hydrogen-bond donors (Lipinski definition) is 2. The number of carboxylic acids is 1. The summed E-state index contributed by atoms with van der Waals surface area (Å²) in [5.74, 6) is -3.09. The van der Waals surface area contributed by atoms with Crippen LogP contribution in [0.25, 0.3) is 0 Å². The van der Waals surface area contributed by atoms with E-state index in [1.54, 1.807) is 6.92 Å². The molecule has 7 heteroatoms. The van der Waals surface area contributed by atoms with Crippen molar-refractivity contribution in [1.29, 1.82) is 0 Å². The van der Waals surface area contributed by atoms with E-state index in [1.807, 2.05) is 31.4 Å². The number of amides is 2. The Kier molecular flexibility index (Phi) is 4.25. The lowest BCUT2D eigenvalue weighted by atomic mass is 9.75. The fourth-order valence-electron chi connectivity index (χ4n) is 4.20. The zero-order chi connectivity index (χ0) is 17.6. The van der Waals surface area contributed by atoms with Gasteiger partial charge in [-0.3, -0.25) is 24.6 Å². The van der Waals surface area contributed by atoms with Crippen molar-refractivity contribution in [3.05, 3.63) is 22.4 Å². The lowest BCUT2D eigenvalue weighted by Gasteiger charge is -2.32. The summed E-state index contributed by atoms with van der Waals surface area (Å²) >= 11 is 1.48. The molecule has 4 atom stereocenters. The number of imide groups is 1. The van der Waals surface area contributed by atoms with Gasteiger partial charge in [0.1, 0.15) is 5.54 Å². The zero-order valence-electron chi connectivity index (χ0n) is 14.0. The molecule has 1 aromatic rings. The second-order valence-electron chi connectivity index (χ2n) is 6.94. The van der Waals surface area contributed by atoms with Crippen LogP contribution in [0, 0.1) is 17.8 Å². The summed E-state index contributed by atoms with van der Waals surface area (Å²) in [4.78, 5) is 40.0. The van der Waals surface area contributed by atoms with E-state index in [2.05, 4.69) is 5.32 Å². The molecule has 0 saturated carbocycles. The van der Waals surface area contributed by atoms with Gasteiger partial charge in [-0.2, -0.15) is 0 Å². The van der Waals surface area contributed by atoms with Crippen molar-refractivity contribution >= 4 is 29.1 Å². The first-order valence-electron chi connectivity index (χ1n) is 8.23. The summed E-state index contributed by atoms with van der Waals surface area (Å²) in [7, 11) is 0. The lowest BCUT2D eigenvalue weighted by molar-refractivity contribution is -0.152. The van der Waals surface area contributed by atoms with E-state index in [9.17, 15) is 19.5 Å². The highest BCUT2D eigenvalue weighted by Crippen LogP contribution is 2.51. The number of hydrogen-bond acceptors (Lipinski definition) is 5. The zero-order valence-corrected chi connectivity index (χ0v) is 14.8. The Hall–Kier alpha value is -1.73. The van der Waals surface area contributed by atoms with E-state index in [-0.39, 0.29) is 24.3 Å². The molecule has 3 heterocycles. The molecule has 0 bridgehead atoms. The quantitative estimate of drug-likeness (QED) is 0.792. The van der Waals surface area contributed by atoms with E-state index in [0.29, 0.717) is 6.42 Å². The van der Waals surface area contributed by atoms with Crippen LogP contribution in [-0.2, 0) is 14.4 Å². The largest absolute Gasteiger partial charge is 0.480 e. The van der Waals surface area contributed by atoms with Gasteiger partial charge in [-0.1, -0.05) is 19.9 Å². The van der Waals surface area contributed by atoms with Crippen LogP contribution >= 0.6 is 11.3 Å². The first-order chi connectivity index (χ1) is 11.3. The van der Waals surface area contributed by atoms with Crippen LogP contribution in [-0.4, -0.2) is 39.9 Å². The fourth-order valence-corrected chi connectivity index (χ4v) is 5.03. The molecule has 2 N–H and O–H groups in total. The molecule has 0 spiro atoms. The van der Waals surface area contributed by atoms with Crippen LogP contribution in [0.4, 0.5) is 0 Å². The van der Waals surface area contributed by atoms with E-state index < -0.39 is 29.4 Å². The maximum atomic E-state index is 12.9. The molecule has 24 heavy (non-hydrogen) atoms. The number of thiophene rings is 1. The maximum Gasteiger partial charge on any atom is 0.324 e. The average Bonchev–Trinajstić information content (AvgIpc) is 3.17. The number of carbonyl (C=O) groups excluding carboxylic acids is 2. The molecule has 0 radical (unpaired) electrons. The highest BCUT2D eigenvalue weighted by molar-refractivity contribution is 7.10. The van der Waals surface area contributed by atoms with Crippen molar-refractivity contribution < 1.29 is 19.5 Å². The van der Waals surface area contributed by atoms with Crippen molar-refractivity contribution in [2.24, 2.45) is 17.8 Å². The molecule has 2 aliphatic rings. The second kappa shape index (κ2) is 5.97. The lowest BCUT2D eigenvalue weighted by Crippen LogP contribution is -2.56. The van der Waals surface area contributed by atoms with Gasteiger partial charge in [0.25, 0.3) is 0 Å². The van der Waals surface area contributed by atoms with Gasteiger partial charge in [-0.05, 0) is 30.7 Å². The van der Waals surface area contributed by atoms with E-state index >= 15 is 0 Å². The van der Waals surface area contributed by atoms with Gasteiger partial charge < -0.3 is 5.11 Å². The molecule has 3 rings (SSSR count). The van der Waals surface area contributed by atoms with Crippen LogP contribution in [0.15, 0.2) is 17.5 Å². The normalized spacial score (nSPS) is 32.7. The Morgan fingerprint density at radius 2 is 2.12 bits per heavy atom. The summed E-state index contributed by atoms with van der Waals surface area (Å²) in [6, 6.07) is 3.33. The number of aliphatic carboxylic acids is 1. The summed E-state index contributed by atoms with van der Waals surface area (Å²) < 4.78 is 0. The Balaban J connectivity index is 2.13. The molecule has 2 amide bonds. The van der Waals surface area contributed by atoms with Crippen molar-refractivity contribution in [2.75, 3.05) is 6.54 Å². The highest BCUT2D eigenvalue weighted by atomic mass is 32.1. The smallest absolute Gasteiger partial charge is 0.324 e. The summed E-state index contributed by atoms with van der Waals surface area (Å²) in [5.41, 5.74) is -1.40. The summed E-state index contributed by atoms with van der Waals surface area (Å²) in [5, 5.41) is 15.1.